The van der Waals surface area contributed by atoms with Crippen LogP contribution in [0.4, 0.5) is 0 Å². The lowest BCUT2D eigenvalue weighted by atomic mass is 9.93. The van der Waals surface area contributed by atoms with E-state index < -0.39 is 0 Å². The minimum Gasteiger partial charge on any atom is -0.455 e. The van der Waals surface area contributed by atoms with Crippen molar-refractivity contribution in [3.8, 4) is 0 Å². The molecule has 1 aromatic heterocycles. The maximum Gasteiger partial charge on any atom is 0.287 e. The molecule has 1 fully saturated rings. The lowest BCUT2D eigenvalue weighted by molar-refractivity contribution is 0.0896. The van der Waals surface area contributed by atoms with Crippen LogP contribution in [0.2, 0.25) is 0 Å². The number of nitrogens with one attached hydrogen (secondary N) is 2. The summed E-state index contributed by atoms with van der Waals surface area (Å²) in [6, 6.07) is 7.45. The molecule has 0 bridgehead atoms. The second kappa shape index (κ2) is 9.16. The number of hydrogen-bond donors (Lipinski definition) is 2. The van der Waals surface area contributed by atoms with Crippen LogP contribution in [0.1, 0.15) is 82.7 Å². The van der Waals surface area contributed by atoms with Gasteiger partial charge in [-0.1, -0.05) is 31.4 Å². The summed E-state index contributed by atoms with van der Waals surface area (Å²) in [7, 11) is 0. The summed E-state index contributed by atoms with van der Waals surface area (Å²) < 4.78 is 6.68. The van der Waals surface area contributed by atoms with Crippen molar-refractivity contribution >= 4 is 33.5 Å². The van der Waals surface area contributed by atoms with Crippen molar-refractivity contribution in [3.05, 3.63) is 56.9 Å². The second-order valence-electron chi connectivity index (χ2n) is 8.00. The van der Waals surface area contributed by atoms with Gasteiger partial charge in [0.05, 0.1) is 11.3 Å². The first kappa shape index (κ1) is 20.8. The predicted octanol–water partition coefficient (Wildman–Crippen LogP) is 4.88. The smallest absolute Gasteiger partial charge is 0.287 e. The molecule has 0 aliphatic heterocycles. The predicted molar refractivity (Wildman–Crippen MR) is 119 cm³/mol. The topological polar surface area (TPSA) is 83.7 Å². The number of benzene rings is 1. The van der Waals surface area contributed by atoms with Crippen LogP contribution in [-0.4, -0.2) is 23.6 Å². The zero-order valence-corrected chi connectivity index (χ0v) is 18.7. The van der Waals surface area contributed by atoms with Gasteiger partial charge in [-0.05, 0) is 60.7 Å². The maximum absolute atomic E-state index is 12.8. The number of hydrazone groups is 1. The van der Waals surface area contributed by atoms with Crippen LogP contribution in [0.25, 0.3) is 0 Å². The third kappa shape index (κ3) is 4.36. The van der Waals surface area contributed by atoms with Gasteiger partial charge in [0.25, 0.3) is 11.8 Å². The Morgan fingerprint density at radius 1 is 1.07 bits per heavy atom. The molecule has 2 aromatic rings. The Morgan fingerprint density at radius 3 is 2.60 bits per heavy atom. The highest BCUT2D eigenvalue weighted by atomic mass is 79.9. The first-order chi connectivity index (χ1) is 14.5. The van der Waals surface area contributed by atoms with Crippen molar-refractivity contribution < 1.29 is 14.0 Å². The normalized spacial score (nSPS) is 18.1. The largest absolute Gasteiger partial charge is 0.455 e. The molecule has 1 aromatic carbocycles. The number of furan rings is 1. The molecule has 0 unspecified atom stereocenters. The molecule has 0 radical (unpaired) electrons. The van der Waals surface area contributed by atoms with E-state index in [2.05, 4.69) is 31.8 Å². The quantitative estimate of drug-likeness (QED) is 0.622. The van der Waals surface area contributed by atoms with Crippen molar-refractivity contribution in [3.63, 3.8) is 0 Å². The van der Waals surface area contributed by atoms with Crippen LogP contribution >= 0.6 is 15.9 Å². The molecule has 0 saturated heterocycles. The van der Waals surface area contributed by atoms with Crippen molar-refractivity contribution in [1.29, 1.82) is 0 Å². The number of hydrogen-bond acceptors (Lipinski definition) is 4. The highest BCUT2D eigenvalue weighted by Crippen LogP contribution is 2.30. The van der Waals surface area contributed by atoms with Crippen molar-refractivity contribution in [2.24, 2.45) is 5.10 Å². The average molecular weight is 472 g/mol. The number of halogens is 1. The molecule has 0 spiro atoms. The fourth-order valence-electron chi connectivity index (χ4n) is 4.32. The van der Waals surface area contributed by atoms with Gasteiger partial charge in [0.2, 0.25) is 0 Å². The number of rotatable bonds is 4. The first-order valence-electron chi connectivity index (χ1n) is 10.6. The highest BCUT2D eigenvalue weighted by Gasteiger charge is 2.29. The lowest BCUT2D eigenvalue weighted by Gasteiger charge is -2.22. The minimum atomic E-state index is -0.279. The number of fused-ring (bicyclic) bond motifs is 1. The van der Waals surface area contributed by atoms with Crippen molar-refractivity contribution in [2.75, 3.05) is 0 Å². The highest BCUT2D eigenvalue weighted by molar-refractivity contribution is 9.10. The van der Waals surface area contributed by atoms with Gasteiger partial charge in [0, 0.05) is 28.1 Å². The average Bonchev–Trinajstić information content (AvgIpc) is 3.10. The van der Waals surface area contributed by atoms with Gasteiger partial charge in [-0.3, -0.25) is 9.59 Å². The Labute approximate surface area is 184 Å². The van der Waals surface area contributed by atoms with E-state index >= 15 is 0 Å². The number of aryl methyl sites for hydroxylation is 1. The van der Waals surface area contributed by atoms with Crippen LogP contribution in [0.5, 0.6) is 0 Å². The van der Waals surface area contributed by atoms with Crippen LogP contribution in [0, 0.1) is 6.92 Å². The zero-order valence-electron chi connectivity index (χ0n) is 17.1. The van der Waals surface area contributed by atoms with Crippen LogP contribution in [0.3, 0.4) is 0 Å². The summed E-state index contributed by atoms with van der Waals surface area (Å²) >= 11 is 3.39. The van der Waals surface area contributed by atoms with Gasteiger partial charge in [-0.15, -0.1) is 0 Å². The second-order valence-corrected chi connectivity index (χ2v) is 8.85. The van der Waals surface area contributed by atoms with E-state index in [9.17, 15) is 9.59 Å². The van der Waals surface area contributed by atoms with Gasteiger partial charge in [0.15, 0.2) is 5.76 Å². The van der Waals surface area contributed by atoms with E-state index in [0.29, 0.717) is 15.8 Å². The van der Waals surface area contributed by atoms with Gasteiger partial charge in [0.1, 0.15) is 5.76 Å². The first-order valence-corrected chi connectivity index (χ1v) is 11.4. The third-order valence-electron chi connectivity index (χ3n) is 5.88. The molecule has 30 heavy (non-hydrogen) atoms. The number of carbonyl (C=O) groups excluding carboxylic acids is 2. The number of nitrogens with zero attached hydrogens (tertiary/aromatic N) is 1. The molecule has 2 aliphatic rings. The van der Waals surface area contributed by atoms with E-state index in [4.69, 9.17) is 4.42 Å². The molecular weight excluding hydrogens is 446 g/mol. The number of amides is 2. The lowest BCUT2D eigenvalue weighted by Crippen LogP contribution is -2.36. The molecule has 2 aliphatic carbocycles. The number of carbonyl (C=O) groups is 2. The molecule has 158 valence electrons. The van der Waals surface area contributed by atoms with E-state index in [1.807, 2.05) is 25.1 Å². The molecule has 2 amide bonds. The third-order valence-corrected chi connectivity index (χ3v) is 6.57. The molecule has 7 heteroatoms. The van der Waals surface area contributed by atoms with Crippen LogP contribution in [0.15, 0.2) is 38.3 Å². The molecule has 4 rings (SSSR count). The van der Waals surface area contributed by atoms with E-state index in [-0.39, 0.29) is 17.9 Å². The Morgan fingerprint density at radius 2 is 1.83 bits per heavy atom. The summed E-state index contributed by atoms with van der Waals surface area (Å²) in [5.74, 6) is 0.725. The Hall–Kier alpha value is -2.41. The Bertz CT molecular complexity index is 990. The van der Waals surface area contributed by atoms with Gasteiger partial charge >= 0.3 is 0 Å². The van der Waals surface area contributed by atoms with Crippen molar-refractivity contribution in [1.82, 2.24) is 10.7 Å². The standard InChI is InChI=1S/C23H26BrN3O3/c1-14-20-18(26-27-22(28)16-10-5-6-11-17(16)24)12-7-13-19(20)30-21(14)23(29)25-15-8-3-2-4-9-15/h5-6,10-11,15H,2-4,7-9,12-13H2,1H3,(H,25,29)(H,27,28)/b26-18+. The monoisotopic (exact) mass is 471 g/mol. The van der Waals surface area contributed by atoms with E-state index in [1.54, 1.807) is 6.07 Å². The molecule has 0 atom stereocenters. The Balaban J connectivity index is 1.53. The summed E-state index contributed by atoms with van der Waals surface area (Å²) in [6.07, 6.45) is 7.98. The zero-order chi connectivity index (χ0) is 21.1. The summed E-state index contributed by atoms with van der Waals surface area (Å²) in [4.78, 5) is 25.3. The van der Waals surface area contributed by atoms with Crippen molar-refractivity contribution in [2.45, 2.75) is 64.3 Å². The van der Waals surface area contributed by atoms with Gasteiger partial charge < -0.3 is 9.73 Å². The molecule has 6 nitrogen and oxygen atoms in total. The summed E-state index contributed by atoms with van der Waals surface area (Å²) in [6.45, 7) is 1.90. The summed E-state index contributed by atoms with van der Waals surface area (Å²) in [5, 5.41) is 7.53. The van der Waals surface area contributed by atoms with Gasteiger partial charge in [-0.25, -0.2) is 5.43 Å². The fraction of sp³-hybridized carbons (Fsp3) is 0.435. The maximum atomic E-state index is 12.8. The molecular formula is C23H26BrN3O3. The fourth-order valence-corrected chi connectivity index (χ4v) is 4.78. The summed E-state index contributed by atoms with van der Waals surface area (Å²) in [5.41, 5.74) is 5.60. The van der Waals surface area contributed by atoms with Crippen LogP contribution in [-0.2, 0) is 6.42 Å². The SMILES string of the molecule is Cc1c(C(=O)NC2CCCCC2)oc2c1/C(=N/NC(=O)c1ccccc1Br)CCC2. The Kier molecular flexibility index (Phi) is 6.37. The van der Waals surface area contributed by atoms with E-state index in [0.717, 1.165) is 67.5 Å². The van der Waals surface area contributed by atoms with E-state index in [1.165, 1.54) is 6.42 Å². The minimum absolute atomic E-state index is 0.148. The molecule has 1 saturated carbocycles. The van der Waals surface area contributed by atoms with Gasteiger partial charge in [-0.2, -0.15) is 5.10 Å². The van der Waals surface area contributed by atoms with Crippen LogP contribution < -0.4 is 10.7 Å². The molecule has 1 heterocycles. The molecule has 2 N–H and O–H groups in total.